The van der Waals surface area contributed by atoms with Gasteiger partial charge in [0.2, 0.25) is 5.91 Å². The van der Waals surface area contributed by atoms with E-state index in [-0.39, 0.29) is 29.0 Å². The van der Waals surface area contributed by atoms with Gasteiger partial charge < -0.3 is 11.1 Å². The summed E-state index contributed by atoms with van der Waals surface area (Å²) in [5.74, 6) is -0.167. The molecule has 1 heterocycles. The molecular weight excluding hydrogens is 390 g/mol. The van der Waals surface area contributed by atoms with E-state index in [2.05, 4.69) is 17.5 Å². The van der Waals surface area contributed by atoms with Crippen LogP contribution in [0.2, 0.25) is 0 Å². The summed E-state index contributed by atoms with van der Waals surface area (Å²) in [4.78, 5) is 28.0. The predicted molar refractivity (Wildman–Crippen MR) is 116 cm³/mol. The van der Waals surface area contributed by atoms with Crippen LogP contribution < -0.4 is 16.0 Å². The number of urea groups is 1. The lowest BCUT2D eigenvalue weighted by Crippen LogP contribution is -2.49. The van der Waals surface area contributed by atoms with Crippen LogP contribution in [-0.4, -0.2) is 29.0 Å². The Morgan fingerprint density at radius 1 is 1.11 bits per heavy atom. The van der Waals surface area contributed by atoms with E-state index in [1.807, 2.05) is 65.6 Å². The quantitative estimate of drug-likeness (QED) is 0.740. The second kappa shape index (κ2) is 8.16. The summed E-state index contributed by atoms with van der Waals surface area (Å²) >= 11 is 3.12. The maximum Gasteiger partial charge on any atom is 0.326 e. The van der Waals surface area contributed by atoms with Gasteiger partial charge in [-0.3, -0.25) is 9.69 Å². The third-order valence-electron chi connectivity index (χ3n) is 4.43. The molecule has 0 aromatic heterocycles. The Kier molecular flexibility index (Phi) is 5.45. The van der Waals surface area contributed by atoms with E-state index >= 15 is 0 Å². The van der Waals surface area contributed by atoms with Crippen LogP contribution in [0.1, 0.15) is 0 Å². The third kappa shape index (κ3) is 3.95. The largest absolute Gasteiger partial charge is 0.369 e. The number of allylic oxidation sites excluding steroid dienone is 2. The van der Waals surface area contributed by atoms with Gasteiger partial charge in [0, 0.05) is 15.5 Å². The van der Waals surface area contributed by atoms with Crippen molar-refractivity contribution < 1.29 is 9.59 Å². The first-order valence-corrected chi connectivity index (χ1v) is 10.7. The van der Waals surface area contributed by atoms with E-state index in [4.69, 9.17) is 5.73 Å². The summed E-state index contributed by atoms with van der Waals surface area (Å²) in [7, 11) is 0. The minimum Gasteiger partial charge on any atom is -0.369 e. The van der Waals surface area contributed by atoms with E-state index < -0.39 is 0 Å². The molecule has 0 saturated carbocycles. The number of hydrogen-bond acceptors (Lipinski definition) is 4. The fourth-order valence-corrected chi connectivity index (χ4v) is 5.18. The van der Waals surface area contributed by atoms with Crippen LogP contribution >= 0.6 is 23.5 Å². The smallest absolute Gasteiger partial charge is 0.326 e. The minimum absolute atomic E-state index is 0.0441. The van der Waals surface area contributed by atoms with Crippen LogP contribution in [0.15, 0.2) is 82.6 Å². The molecule has 3 amide bonds. The standard InChI is InChI=1S/C21H19N3O2S2/c22-20(25)13-27-15-7-5-6-14(12-15)23-21(26)24-16-8-1-3-10-18(16)28-19-11-4-2-9-17(19)24/h1-12,16,18H,13H2,(H2,22,25)(H,23,26). The van der Waals surface area contributed by atoms with Gasteiger partial charge in [-0.25, -0.2) is 4.79 Å². The first-order chi connectivity index (χ1) is 13.6. The molecule has 0 saturated heterocycles. The molecule has 3 N–H and O–H groups in total. The number of benzene rings is 2. The number of nitrogens with zero attached hydrogens (tertiary/aromatic N) is 1. The van der Waals surface area contributed by atoms with Crippen LogP contribution in [0.25, 0.3) is 0 Å². The molecule has 2 aromatic carbocycles. The van der Waals surface area contributed by atoms with E-state index in [0.717, 1.165) is 15.5 Å². The lowest BCUT2D eigenvalue weighted by Gasteiger charge is -2.40. The Morgan fingerprint density at radius 2 is 1.93 bits per heavy atom. The highest BCUT2D eigenvalue weighted by molar-refractivity contribution is 8.00. The maximum atomic E-state index is 13.2. The van der Waals surface area contributed by atoms with E-state index in [1.54, 1.807) is 11.8 Å². The fourth-order valence-electron chi connectivity index (χ4n) is 3.23. The number of hydrogen-bond donors (Lipinski definition) is 2. The van der Waals surface area contributed by atoms with Gasteiger partial charge >= 0.3 is 6.03 Å². The summed E-state index contributed by atoms with van der Waals surface area (Å²) in [5.41, 5.74) is 6.80. The van der Waals surface area contributed by atoms with Crippen molar-refractivity contribution in [1.29, 1.82) is 0 Å². The second-order valence-electron chi connectivity index (χ2n) is 6.39. The number of primary amides is 1. The molecule has 0 spiro atoms. The van der Waals surface area contributed by atoms with Gasteiger partial charge in [0.05, 0.1) is 22.7 Å². The van der Waals surface area contributed by atoms with E-state index in [9.17, 15) is 9.59 Å². The number of fused-ring (bicyclic) bond motifs is 2. The molecule has 0 radical (unpaired) electrons. The number of nitrogens with one attached hydrogen (secondary N) is 1. The van der Waals surface area contributed by atoms with Crippen LogP contribution in [-0.2, 0) is 4.79 Å². The fraction of sp³-hybridized carbons (Fsp3) is 0.143. The predicted octanol–water partition coefficient (Wildman–Crippen LogP) is 4.27. The molecule has 2 aliphatic rings. The summed E-state index contributed by atoms with van der Waals surface area (Å²) in [5, 5.41) is 3.19. The molecule has 1 aliphatic heterocycles. The molecule has 0 fully saturated rings. The van der Waals surface area contributed by atoms with Gasteiger partial charge in [0.1, 0.15) is 0 Å². The molecule has 1 aliphatic carbocycles. The highest BCUT2D eigenvalue weighted by Gasteiger charge is 2.36. The molecule has 2 atom stereocenters. The second-order valence-corrected chi connectivity index (χ2v) is 8.66. The van der Waals surface area contributed by atoms with Crippen molar-refractivity contribution >= 4 is 46.8 Å². The number of carbonyl (C=O) groups excluding carboxylic acids is 2. The normalized spacial score (nSPS) is 19.6. The molecular formula is C21H19N3O2S2. The lowest BCUT2D eigenvalue weighted by molar-refractivity contribution is -0.115. The zero-order valence-electron chi connectivity index (χ0n) is 14.9. The Morgan fingerprint density at radius 3 is 2.79 bits per heavy atom. The summed E-state index contributed by atoms with van der Waals surface area (Å²) in [6, 6.07) is 15.2. The number of para-hydroxylation sites is 1. The molecule has 28 heavy (non-hydrogen) atoms. The van der Waals surface area contributed by atoms with Gasteiger partial charge in [-0.1, -0.05) is 42.5 Å². The van der Waals surface area contributed by atoms with Crippen LogP contribution in [0.4, 0.5) is 16.2 Å². The van der Waals surface area contributed by atoms with Crippen molar-refractivity contribution in [2.75, 3.05) is 16.0 Å². The molecule has 2 unspecified atom stereocenters. The number of carbonyl (C=O) groups is 2. The van der Waals surface area contributed by atoms with Gasteiger partial charge in [-0.05, 0) is 30.3 Å². The molecule has 7 heteroatoms. The average molecular weight is 410 g/mol. The van der Waals surface area contributed by atoms with Gasteiger partial charge in [0.15, 0.2) is 0 Å². The summed E-state index contributed by atoms with van der Waals surface area (Å²) in [6.07, 6.45) is 8.20. The Hall–Kier alpha value is -2.64. The SMILES string of the molecule is NC(=O)CSc1cccc(NC(=O)N2c3ccccc3SC3C=CC=CC32)c1. The number of thioether (sulfide) groups is 2. The van der Waals surface area contributed by atoms with Crippen molar-refractivity contribution in [3.05, 3.63) is 72.8 Å². The molecule has 0 bridgehead atoms. The Bertz CT molecular complexity index is 974. The van der Waals surface area contributed by atoms with Crippen molar-refractivity contribution in [1.82, 2.24) is 0 Å². The lowest BCUT2D eigenvalue weighted by atomic mass is 10.1. The van der Waals surface area contributed by atoms with Crippen LogP contribution in [0.5, 0.6) is 0 Å². The molecule has 4 rings (SSSR count). The minimum atomic E-state index is -0.370. The highest BCUT2D eigenvalue weighted by atomic mass is 32.2. The van der Waals surface area contributed by atoms with Crippen molar-refractivity contribution in [3.8, 4) is 0 Å². The van der Waals surface area contributed by atoms with Gasteiger partial charge in [-0.2, -0.15) is 0 Å². The average Bonchev–Trinajstić information content (AvgIpc) is 2.70. The Labute approximate surface area is 172 Å². The first kappa shape index (κ1) is 18.7. The van der Waals surface area contributed by atoms with Gasteiger partial charge in [0.25, 0.3) is 0 Å². The maximum absolute atomic E-state index is 13.2. The number of nitrogens with two attached hydrogens (primary N) is 1. The molecule has 142 valence electrons. The third-order valence-corrected chi connectivity index (χ3v) is 6.75. The van der Waals surface area contributed by atoms with Crippen molar-refractivity contribution in [2.45, 2.75) is 21.1 Å². The van der Waals surface area contributed by atoms with Crippen molar-refractivity contribution in [2.24, 2.45) is 5.73 Å². The zero-order chi connectivity index (χ0) is 19.5. The zero-order valence-corrected chi connectivity index (χ0v) is 16.6. The monoisotopic (exact) mass is 409 g/mol. The van der Waals surface area contributed by atoms with E-state index in [0.29, 0.717) is 5.69 Å². The topological polar surface area (TPSA) is 75.4 Å². The number of rotatable bonds is 4. The van der Waals surface area contributed by atoms with Crippen molar-refractivity contribution in [3.63, 3.8) is 0 Å². The Balaban J connectivity index is 1.58. The van der Waals surface area contributed by atoms with Gasteiger partial charge in [-0.15, -0.1) is 23.5 Å². The summed E-state index contributed by atoms with van der Waals surface area (Å²) in [6.45, 7) is 0. The first-order valence-electron chi connectivity index (χ1n) is 8.84. The number of anilines is 2. The molecule has 5 nitrogen and oxygen atoms in total. The van der Waals surface area contributed by atoms with E-state index in [1.165, 1.54) is 11.8 Å². The highest BCUT2D eigenvalue weighted by Crippen LogP contribution is 2.43. The van der Waals surface area contributed by atoms with Crippen LogP contribution in [0, 0.1) is 0 Å². The molecule has 2 aromatic rings. The number of amides is 3. The summed E-state index contributed by atoms with van der Waals surface area (Å²) < 4.78 is 0. The van der Waals surface area contributed by atoms with Crippen LogP contribution in [0.3, 0.4) is 0 Å².